The Hall–Kier alpha value is -1.13. The molecule has 0 saturated heterocycles. The van der Waals surface area contributed by atoms with Crippen LogP contribution in [0.4, 0.5) is 0 Å². The summed E-state index contributed by atoms with van der Waals surface area (Å²) in [5.74, 6) is -1.94. The Morgan fingerprint density at radius 2 is 2.13 bits per heavy atom. The van der Waals surface area contributed by atoms with Gasteiger partial charge in [-0.2, -0.15) is 0 Å². The molecule has 0 aromatic carbocycles. The van der Waals surface area contributed by atoms with Gasteiger partial charge in [0, 0.05) is 12.8 Å². The van der Waals surface area contributed by atoms with Crippen LogP contribution in [0.15, 0.2) is 11.6 Å². The van der Waals surface area contributed by atoms with Crippen molar-refractivity contribution in [1.29, 1.82) is 0 Å². The minimum atomic E-state index is -1.79. The Morgan fingerprint density at radius 3 is 2.52 bits per heavy atom. The van der Waals surface area contributed by atoms with Crippen LogP contribution in [0.2, 0.25) is 0 Å². The summed E-state index contributed by atoms with van der Waals surface area (Å²) in [6.07, 6.45) is 4.56. The van der Waals surface area contributed by atoms with E-state index in [0.717, 1.165) is 24.8 Å². The van der Waals surface area contributed by atoms with Gasteiger partial charge in [0.25, 0.3) is 0 Å². The van der Waals surface area contributed by atoms with Crippen LogP contribution in [-0.4, -0.2) is 27.4 Å². The van der Waals surface area contributed by atoms with Gasteiger partial charge in [-0.25, -0.2) is 0 Å². The Kier molecular flexibility index (Phi) is 7.49. The van der Waals surface area contributed by atoms with E-state index >= 15 is 0 Å². The topological polar surface area (TPSA) is 118 Å². The van der Waals surface area contributed by atoms with Gasteiger partial charge in [-0.3, -0.25) is 9.59 Å². The summed E-state index contributed by atoms with van der Waals surface area (Å²) >= 11 is 0. The minimum Gasteiger partial charge on any atom is -0.481 e. The van der Waals surface area contributed by atoms with Gasteiger partial charge >= 0.3 is 5.97 Å². The van der Waals surface area contributed by atoms with Gasteiger partial charge in [0.1, 0.15) is 5.34 Å². The maximum Gasteiger partial charge on any atom is 0.309 e. The molecule has 0 aromatic rings. The third-order valence-corrected chi connectivity index (χ3v) is 5.80. The maximum atomic E-state index is 11.6. The van der Waals surface area contributed by atoms with E-state index in [1.165, 1.54) is 0 Å². The molecule has 1 aliphatic carbocycles. The maximum absolute atomic E-state index is 11.6. The molecule has 7 heteroatoms. The lowest BCUT2D eigenvalue weighted by molar-refractivity contribution is -0.147. The highest BCUT2D eigenvalue weighted by Gasteiger charge is 2.41. The van der Waals surface area contributed by atoms with Gasteiger partial charge in [0.05, 0.1) is 14.4 Å². The van der Waals surface area contributed by atoms with Gasteiger partial charge in [-0.05, 0) is 37.5 Å². The molecule has 132 valence electrons. The first-order valence-corrected chi connectivity index (χ1v) is 9.12. The summed E-state index contributed by atoms with van der Waals surface area (Å²) in [5, 5.41) is 18.2. The number of carboxylic acid groups (broad SMARTS) is 1. The monoisotopic (exact) mass is 345 g/mol. The molecular formula is C16H28NO5P. The molecule has 0 aliphatic heterocycles. The Morgan fingerprint density at radius 1 is 1.48 bits per heavy atom. The summed E-state index contributed by atoms with van der Waals surface area (Å²) in [7, 11) is -1.71. The third kappa shape index (κ3) is 5.78. The zero-order valence-electron chi connectivity index (χ0n) is 13.8. The van der Waals surface area contributed by atoms with Crippen molar-refractivity contribution in [2.75, 3.05) is 0 Å². The van der Waals surface area contributed by atoms with Crippen molar-refractivity contribution >= 4 is 20.3 Å². The fraction of sp³-hybridized carbons (Fsp3) is 0.750. The quantitative estimate of drug-likeness (QED) is 0.437. The first kappa shape index (κ1) is 19.9. The van der Waals surface area contributed by atoms with Crippen molar-refractivity contribution in [1.82, 2.24) is 0 Å². The highest BCUT2D eigenvalue weighted by atomic mass is 31.1. The first-order valence-electron chi connectivity index (χ1n) is 8.07. The lowest BCUT2D eigenvalue weighted by Gasteiger charge is -2.32. The second-order valence-electron chi connectivity index (χ2n) is 6.82. The van der Waals surface area contributed by atoms with E-state index in [1.807, 2.05) is 6.08 Å². The molecular weight excluding hydrogens is 317 g/mol. The van der Waals surface area contributed by atoms with Crippen molar-refractivity contribution in [2.24, 2.45) is 23.5 Å². The Labute approximate surface area is 138 Å². The van der Waals surface area contributed by atoms with Gasteiger partial charge in [0.15, 0.2) is 0 Å². The van der Waals surface area contributed by atoms with E-state index in [4.69, 9.17) is 5.73 Å². The van der Waals surface area contributed by atoms with Crippen molar-refractivity contribution in [3.05, 3.63) is 11.6 Å². The van der Waals surface area contributed by atoms with Crippen LogP contribution < -0.4 is 5.73 Å². The van der Waals surface area contributed by atoms with Crippen LogP contribution in [0.3, 0.4) is 0 Å². The molecule has 4 atom stereocenters. The number of hydrogen-bond acceptors (Lipinski definition) is 4. The fourth-order valence-electron chi connectivity index (χ4n) is 3.16. The third-order valence-electron chi connectivity index (χ3n) is 4.78. The van der Waals surface area contributed by atoms with Crippen LogP contribution in [-0.2, 0) is 14.2 Å². The number of aliphatic hydroxyl groups is 1. The molecule has 6 nitrogen and oxygen atoms in total. The Bertz CT molecular complexity index is 491. The van der Waals surface area contributed by atoms with Gasteiger partial charge in [-0.1, -0.05) is 25.5 Å². The molecule has 23 heavy (non-hydrogen) atoms. The number of hydrogen-bond donors (Lipinski definition) is 3. The van der Waals surface area contributed by atoms with Crippen molar-refractivity contribution in [3.63, 3.8) is 0 Å². The largest absolute Gasteiger partial charge is 0.481 e. The number of aliphatic carboxylic acids is 1. The van der Waals surface area contributed by atoms with Crippen LogP contribution in [0.5, 0.6) is 0 Å². The molecule has 4 unspecified atom stereocenters. The number of nitrogens with two attached hydrogens (primary N) is 1. The van der Waals surface area contributed by atoms with Crippen LogP contribution >= 0.6 is 8.46 Å². The average Bonchev–Trinajstić information content (AvgIpc) is 2.47. The van der Waals surface area contributed by atoms with Gasteiger partial charge in [-0.15, -0.1) is 0 Å². The van der Waals surface area contributed by atoms with E-state index < -0.39 is 31.6 Å². The number of amides is 1. The minimum absolute atomic E-state index is 0.0897. The molecule has 1 amide bonds. The van der Waals surface area contributed by atoms with E-state index in [1.54, 1.807) is 0 Å². The molecule has 0 fully saturated rings. The van der Waals surface area contributed by atoms with Crippen LogP contribution in [0, 0.1) is 17.8 Å². The average molecular weight is 345 g/mol. The predicted octanol–water partition coefficient (Wildman–Crippen LogP) is 2.17. The summed E-state index contributed by atoms with van der Waals surface area (Å²) < 4.78 is 11.6. The molecule has 0 aromatic heterocycles. The van der Waals surface area contributed by atoms with E-state index in [9.17, 15) is 24.4 Å². The molecule has 4 N–H and O–H groups in total. The van der Waals surface area contributed by atoms with E-state index in [-0.39, 0.29) is 19.3 Å². The smallest absolute Gasteiger partial charge is 0.309 e. The zero-order chi connectivity index (χ0) is 17.6. The van der Waals surface area contributed by atoms with Crippen LogP contribution in [0.1, 0.15) is 52.4 Å². The summed E-state index contributed by atoms with van der Waals surface area (Å²) in [6.45, 7) is 4.35. The normalized spacial score (nSPS) is 22.8. The number of carbonyl (C=O) groups excluding carboxylic acids is 1. The van der Waals surface area contributed by atoms with Crippen molar-refractivity contribution in [2.45, 2.75) is 57.7 Å². The van der Waals surface area contributed by atoms with Gasteiger partial charge in [0.2, 0.25) is 5.91 Å². The first-order chi connectivity index (χ1) is 10.7. The standard InChI is InChI=1S/C16H28NO5P/c1-10(2)12-5-3-11(4-6-12)9-16(21,23-22)13(15(19)20)7-8-14(17)18/h3,10,12-13,21H,4-9,23H2,1-2H3,(H2,17,18)(H,19,20). The fourth-order valence-corrected chi connectivity index (χ4v) is 3.98. The SMILES string of the molecule is CC(C)C1CC=C(CC(O)([PH2]=O)C(CCC(N)=O)C(=O)O)CC1. The highest BCUT2D eigenvalue weighted by Crippen LogP contribution is 2.41. The number of allylic oxidation sites excluding steroid dienone is 1. The number of rotatable bonds is 9. The molecule has 0 saturated carbocycles. The lowest BCUT2D eigenvalue weighted by Crippen LogP contribution is -2.39. The summed E-state index contributed by atoms with van der Waals surface area (Å²) in [4.78, 5) is 22.3. The number of primary amides is 1. The summed E-state index contributed by atoms with van der Waals surface area (Å²) in [5.41, 5.74) is 6.01. The van der Waals surface area contributed by atoms with E-state index in [0.29, 0.717) is 11.8 Å². The highest BCUT2D eigenvalue weighted by molar-refractivity contribution is 7.25. The molecule has 0 spiro atoms. The Balaban J connectivity index is 2.84. The second-order valence-corrected chi connectivity index (χ2v) is 8.06. The van der Waals surface area contributed by atoms with Crippen molar-refractivity contribution < 1.29 is 24.4 Å². The zero-order valence-corrected chi connectivity index (χ0v) is 15.0. The summed E-state index contributed by atoms with van der Waals surface area (Å²) in [6, 6.07) is 0. The molecule has 0 heterocycles. The molecule has 1 rings (SSSR count). The molecule has 1 aliphatic rings. The molecule has 0 radical (unpaired) electrons. The number of carboxylic acids is 1. The van der Waals surface area contributed by atoms with Crippen molar-refractivity contribution in [3.8, 4) is 0 Å². The second kappa shape index (κ2) is 8.65. The predicted molar refractivity (Wildman–Crippen MR) is 89.8 cm³/mol. The van der Waals surface area contributed by atoms with E-state index in [2.05, 4.69) is 13.8 Å². The lowest BCUT2D eigenvalue weighted by atomic mass is 9.80. The number of carbonyl (C=O) groups is 2. The molecule has 0 bridgehead atoms. The van der Waals surface area contributed by atoms with Gasteiger partial charge < -0.3 is 20.5 Å². The van der Waals surface area contributed by atoms with Crippen LogP contribution in [0.25, 0.3) is 0 Å².